The van der Waals surface area contributed by atoms with Crippen molar-refractivity contribution < 1.29 is 9.53 Å². The van der Waals surface area contributed by atoms with Crippen molar-refractivity contribution in [1.29, 1.82) is 0 Å². The maximum absolute atomic E-state index is 11.8. The van der Waals surface area contributed by atoms with Crippen LogP contribution in [0, 0.1) is 6.92 Å². The molecule has 0 bridgehead atoms. The minimum Gasteiger partial charge on any atom is -0.483 e. The molecule has 0 aliphatic heterocycles. The average molecular weight is 313 g/mol. The Bertz CT molecular complexity index is 702. The van der Waals surface area contributed by atoms with E-state index < -0.39 is 0 Å². The molecular weight excluding hydrogens is 290 g/mol. The second-order valence-corrected chi connectivity index (χ2v) is 5.82. The lowest BCUT2D eigenvalue weighted by atomic mass is 10.0. The van der Waals surface area contributed by atoms with E-state index in [0.29, 0.717) is 5.92 Å². The van der Waals surface area contributed by atoms with Gasteiger partial charge in [-0.2, -0.15) is 5.10 Å². The van der Waals surface area contributed by atoms with Crippen LogP contribution in [0.5, 0.6) is 5.75 Å². The maximum atomic E-state index is 11.8. The molecule has 0 saturated heterocycles. The van der Waals surface area contributed by atoms with Gasteiger partial charge in [0.1, 0.15) is 5.75 Å². The lowest BCUT2D eigenvalue weighted by Gasteiger charge is -2.14. The van der Waals surface area contributed by atoms with Gasteiger partial charge in [0.25, 0.3) is 5.91 Å². The van der Waals surface area contributed by atoms with E-state index in [4.69, 9.17) is 4.74 Å². The van der Waals surface area contributed by atoms with Crippen molar-refractivity contribution in [2.75, 3.05) is 6.61 Å². The van der Waals surface area contributed by atoms with Gasteiger partial charge in [0.15, 0.2) is 6.61 Å². The zero-order valence-electron chi connectivity index (χ0n) is 14.0. The number of hydrogen-bond donors (Lipinski definition) is 1. The fourth-order valence-corrected chi connectivity index (χ4v) is 2.20. The lowest BCUT2D eigenvalue weighted by Crippen LogP contribution is -2.25. The van der Waals surface area contributed by atoms with E-state index in [0.717, 1.165) is 22.6 Å². The SMILES string of the molecule is Cc1ccc(C(C)C)c(OCC(=O)N/N=C/c2cccn2C)c1. The average Bonchev–Trinajstić information content (AvgIpc) is 2.90. The van der Waals surface area contributed by atoms with E-state index >= 15 is 0 Å². The zero-order valence-corrected chi connectivity index (χ0v) is 14.0. The first-order valence-electron chi connectivity index (χ1n) is 7.64. The molecule has 122 valence electrons. The summed E-state index contributed by atoms with van der Waals surface area (Å²) in [5, 5.41) is 3.94. The Morgan fingerprint density at radius 3 is 2.83 bits per heavy atom. The van der Waals surface area contributed by atoms with Crippen molar-refractivity contribution >= 4 is 12.1 Å². The molecule has 1 N–H and O–H groups in total. The highest BCUT2D eigenvalue weighted by molar-refractivity contribution is 5.81. The van der Waals surface area contributed by atoms with Gasteiger partial charge in [-0.3, -0.25) is 4.79 Å². The Hall–Kier alpha value is -2.56. The van der Waals surface area contributed by atoms with Crippen LogP contribution in [0.25, 0.3) is 0 Å². The molecule has 0 atom stereocenters. The number of hydrazone groups is 1. The van der Waals surface area contributed by atoms with Gasteiger partial charge in [0, 0.05) is 13.2 Å². The van der Waals surface area contributed by atoms with Crippen LogP contribution in [0.3, 0.4) is 0 Å². The molecule has 1 amide bonds. The third-order valence-corrected chi connectivity index (χ3v) is 3.52. The van der Waals surface area contributed by atoms with Gasteiger partial charge in [0.2, 0.25) is 0 Å². The number of carbonyl (C=O) groups excluding carboxylic acids is 1. The third-order valence-electron chi connectivity index (χ3n) is 3.52. The number of hydrogen-bond acceptors (Lipinski definition) is 3. The summed E-state index contributed by atoms with van der Waals surface area (Å²) in [7, 11) is 1.91. The standard InChI is InChI=1S/C18H23N3O2/c1-13(2)16-8-7-14(3)10-17(16)23-12-18(22)20-19-11-15-6-5-9-21(15)4/h5-11,13H,12H2,1-4H3,(H,20,22)/b19-11+. The Kier molecular flexibility index (Phi) is 5.57. The topological polar surface area (TPSA) is 55.6 Å². The number of rotatable bonds is 6. The molecule has 0 fully saturated rings. The van der Waals surface area contributed by atoms with E-state index in [9.17, 15) is 4.79 Å². The van der Waals surface area contributed by atoms with E-state index in [2.05, 4.69) is 24.4 Å². The fraction of sp³-hybridized carbons (Fsp3) is 0.333. The monoisotopic (exact) mass is 313 g/mol. The van der Waals surface area contributed by atoms with Crippen LogP contribution in [0.1, 0.15) is 36.6 Å². The smallest absolute Gasteiger partial charge is 0.277 e. The van der Waals surface area contributed by atoms with Gasteiger partial charge in [-0.1, -0.05) is 26.0 Å². The molecule has 0 aliphatic rings. The van der Waals surface area contributed by atoms with Gasteiger partial charge in [-0.05, 0) is 42.2 Å². The summed E-state index contributed by atoms with van der Waals surface area (Å²) < 4.78 is 7.57. The fourth-order valence-electron chi connectivity index (χ4n) is 2.20. The van der Waals surface area contributed by atoms with Gasteiger partial charge < -0.3 is 9.30 Å². The first-order chi connectivity index (χ1) is 11.0. The molecule has 0 spiro atoms. The van der Waals surface area contributed by atoms with Crippen LogP contribution < -0.4 is 10.2 Å². The Labute approximate surface area is 137 Å². The molecule has 5 heteroatoms. The van der Waals surface area contributed by atoms with Crippen molar-refractivity contribution in [3.8, 4) is 5.75 Å². The van der Waals surface area contributed by atoms with Crippen molar-refractivity contribution in [2.45, 2.75) is 26.7 Å². The Balaban J connectivity index is 1.91. The first kappa shape index (κ1) is 16.8. The molecule has 1 aromatic heterocycles. The highest BCUT2D eigenvalue weighted by Crippen LogP contribution is 2.27. The molecule has 0 aliphatic carbocycles. The first-order valence-corrected chi connectivity index (χ1v) is 7.64. The van der Waals surface area contributed by atoms with Crippen LogP contribution in [-0.2, 0) is 11.8 Å². The number of aryl methyl sites for hydroxylation is 2. The molecule has 1 heterocycles. The van der Waals surface area contributed by atoms with Gasteiger partial charge in [-0.15, -0.1) is 0 Å². The minimum atomic E-state index is -0.285. The van der Waals surface area contributed by atoms with E-state index in [-0.39, 0.29) is 12.5 Å². The van der Waals surface area contributed by atoms with Crippen molar-refractivity contribution in [2.24, 2.45) is 12.1 Å². The summed E-state index contributed by atoms with van der Waals surface area (Å²) in [5.41, 5.74) is 5.58. The summed E-state index contributed by atoms with van der Waals surface area (Å²) in [6.07, 6.45) is 3.52. The third kappa shape index (κ3) is 4.71. The minimum absolute atomic E-state index is 0.0619. The van der Waals surface area contributed by atoms with Gasteiger partial charge >= 0.3 is 0 Å². The second-order valence-electron chi connectivity index (χ2n) is 5.82. The van der Waals surface area contributed by atoms with Crippen LogP contribution in [0.15, 0.2) is 41.6 Å². The number of ether oxygens (including phenoxy) is 1. The number of carbonyl (C=O) groups is 1. The maximum Gasteiger partial charge on any atom is 0.277 e. The molecular formula is C18H23N3O2. The normalized spacial score (nSPS) is 11.2. The number of aromatic nitrogens is 1. The summed E-state index contributed by atoms with van der Waals surface area (Å²) in [4.78, 5) is 11.8. The molecule has 0 unspecified atom stereocenters. The number of benzene rings is 1. The number of nitrogens with one attached hydrogen (secondary N) is 1. The number of nitrogens with zero attached hydrogens (tertiary/aromatic N) is 2. The van der Waals surface area contributed by atoms with Crippen molar-refractivity contribution in [3.05, 3.63) is 53.3 Å². The van der Waals surface area contributed by atoms with Crippen LogP contribution in [-0.4, -0.2) is 23.3 Å². The van der Waals surface area contributed by atoms with Crippen LogP contribution in [0.2, 0.25) is 0 Å². The van der Waals surface area contributed by atoms with Gasteiger partial charge in [0.05, 0.1) is 11.9 Å². The van der Waals surface area contributed by atoms with E-state index in [1.165, 1.54) is 0 Å². The summed E-state index contributed by atoms with van der Waals surface area (Å²) in [6, 6.07) is 9.87. The molecule has 0 saturated carbocycles. The molecule has 2 rings (SSSR count). The molecule has 23 heavy (non-hydrogen) atoms. The van der Waals surface area contributed by atoms with Crippen molar-refractivity contribution in [1.82, 2.24) is 9.99 Å². The van der Waals surface area contributed by atoms with Crippen molar-refractivity contribution in [3.63, 3.8) is 0 Å². The molecule has 0 radical (unpaired) electrons. The second kappa shape index (κ2) is 7.63. The quantitative estimate of drug-likeness (QED) is 0.658. The van der Waals surface area contributed by atoms with Crippen LogP contribution >= 0.6 is 0 Å². The van der Waals surface area contributed by atoms with E-state index in [1.54, 1.807) is 6.21 Å². The highest BCUT2D eigenvalue weighted by atomic mass is 16.5. The number of amides is 1. The summed E-state index contributed by atoms with van der Waals surface area (Å²) in [5.74, 6) is 0.803. The molecule has 5 nitrogen and oxygen atoms in total. The predicted molar refractivity (Wildman–Crippen MR) is 91.9 cm³/mol. The zero-order chi connectivity index (χ0) is 16.8. The Morgan fingerprint density at radius 2 is 2.17 bits per heavy atom. The van der Waals surface area contributed by atoms with E-state index in [1.807, 2.05) is 55.1 Å². The summed E-state index contributed by atoms with van der Waals surface area (Å²) in [6.45, 7) is 6.14. The lowest BCUT2D eigenvalue weighted by molar-refractivity contribution is -0.123. The summed E-state index contributed by atoms with van der Waals surface area (Å²) >= 11 is 0. The largest absolute Gasteiger partial charge is 0.483 e. The van der Waals surface area contributed by atoms with Gasteiger partial charge in [-0.25, -0.2) is 5.43 Å². The molecule has 1 aromatic carbocycles. The highest BCUT2D eigenvalue weighted by Gasteiger charge is 2.10. The Morgan fingerprint density at radius 1 is 1.39 bits per heavy atom. The predicted octanol–water partition coefficient (Wildman–Crippen LogP) is 2.99. The molecule has 2 aromatic rings. The van der Waals surface area contributed by atoms with Crippen LogP contribution in [0.4, 0.5) is 0 Å².